The van der Waals surface area contributed by atoms with Crippen LogP contribution < -0.4 is 0 Å². The van der Waals surface area contributed by atoms with E-state index in [-0.39, 0.29) is 19.1 Å². The highest BCUT2D eigenvalue weighted by atomic mass is 16.3. The zero-order chi connectivity index (χ0) is 8.53. The zero-order valence-corrected chi connectivity index (χ0v) is 6.38. The van der Waals surface area contributed by atoms with Crippen LogP contribution >= 0.6 is 0 Å². The van der Waals surface area contributed by atoms with Crippen molar-refractivity contribution in [3.05, 3.63) is 0 Å². The summed E-state index contributed by atoms with van der Waals surface area (Å²) in [7, 11) is 0. The van der Waals surface area contributed by atoms with E-state index in [0.717, 1.165) is 0 Å². The second-order valence-electron chi connectivity index (χ2n) is 2.05. The standard InChI is InChI=1S/C9H12O2/c1-2-9(8-11)6-4-3-5-7-10/h1,9-11H,3,5,7-8H2. The molecule has 2 nitrogen and oxygen atoms in total. The Labute approximate surface area is 67.2 Å². The summed E-state index contributed by atoms with van der Waals surface area (Å²) < 4.78 is 0. The van der Waals surface area contributed by atoms with Gasteiger partial charge >= 0.3 is 0 Å². The van der Waals surface area contributed by atoms with Crippen molar-refractivity contribution in [3.63, 3.8) is 0 Å². The summed E-state index contributed by atoms with van der Waals surface area (Å²) in [4.78, 5) is 0. The lowest BCUT2D eigenvalue weighted by Gasteiger charge is -1.93. The Kier molecular flexibility index (Phi) is 6.53. The first kappa shape index (κ1) is 10.0. The average molecular weight is 152 g/mol. The molecule has 0 radical (unpaired) electrons. The molecule has 1 atom stereocenters. The molecule has 11 heavy (non-hydrogen) atoms. The highest BCUT2D eigenvalue weighted by molar-refractivity contribution is 5.14. The normalized spacial score (nSPS) is 11.0. The van der Waals surface area contributed by atoms with Crippen LogP contribution in [0.3, 0.4) is 0 Å². The number of aliphatic hydroxyl groups is 2. The van der Waals surface area contributed by atoms with Crippen LogP contribution in [0.25, 0.3) is 0 Å². The molecule has 2 N–H and O–H groups in total. The predicted molar refractivity (Wildman–Crippen MR) is 43.5 cm³/mol. The lowest BCUT2D eigenvalue weighted by Crippen LogP contribution is -1.98. The van der Waals surface area contributed by atoms with Gasteiger partial charge in [0.25, 0.3) is 0 Å². The third-order valence-electron chi connectivity index (χ3n) is 1.12. The topological polar surface area (TPSA) is 40.5 Å². The van der Waals surface area contributed by atoms with Crippen LogP contribution in [0.2, 0.25) is 0 Å². The van der Waals surface area contributed by atoms with E-state index in [1.807, 2.05) is 0 Å². The minimum Gasteiger partial charge on any atom is -0.396 e. The van der Waals surface area contributed by atoms with Crippen LogP contribution in [-0.2, 0) is 0 Å². The molecule has 0 saturated carbocycles. The summed E-state index contributed by atoms with van der Waals surface area (Å²) in [6.45, 7) is 0.0527. The number of aliphatic hydroxyl groups excluding tert-OH is 2. The highest BCUT2D eigenvalue weighted by Gasteiger charge is 1.93. The van der Waals surface area contributed by atoms with Crippen LogP contribution in [-0.4, -0.2) is 23.4 Å². The molecule has 0 spiro atoms. The zero-order valence-electron chi connectivity index (χ0n) is 6.38. The molecule has 0 fully saturated rings. The Morgan fingerprint density at radius 3 is 2.55 bits per heavy atom. The van der Waals surface area contributed by atoms with Gasteiger partial charge in [0.2, 0.25) is 0 Å². The number of hydrogen-bond acceptors (Lipinski definition) is 2. The fourth-order valence-electron chi connectivity index (χ4n) is 0.503. The summed E-state index contributed by atoms with van der Waals surface area (Å²) in [6, 6.07) is 0. The van der Waals surface area contributed by atoms with Crippen LogP contribution in [0.4, 0.5) is 0 Å². The summed E-state index contributed by atoms with van der Waals surface area (Å²) >= 11 is 0. The maximum Gasteiger partial charge on any atom is 0.104 e. The van der Waals surface area contributed by atoms with E-state index in [1.54, 1.807) is 0 Å². The molecule has 0 aliphatic heterocycles. The summed E-state index contributed by atoms with van der Waals surface area (Å²) in [5.74, 6) is 7.47. The predicted octanol–water partition coefficient (Wildman–Crippen LogP) is 0.00400. The molecule has 60 valence electrons. The van der Waals surface area contributed by atoms with E-state index in [2.05, 4.69) is 17.8 Å². The minimum atomic E-state index is -0.353. The van der Waals surface area contributed by atoms with E-state index in [1.165, 1.54) is 0 Å². The van der Waals surface area contributed by atoms with E-state index in [0.29, 0.717) is 12.8 Å². The van der Waals surface area contributed by atoms with Crippen LogP contribution in [0.5, 0.6) is 0 Å². The molecule has 0 aromatic carbocycles. The maximum absolute atomic E-state index is 8.59. The Hall–Kier alpha value is -0.960. The average Bonchev–Trinajstić information content (AvgIpc) is 2.05. The molecule has 0 aromatic rings. The van der Waals surface area contributed by atoms with Gasteiger partial charge in [-0.25, -0.2) is 0 Å². The maximum atomic E-state index is 8.59. The number of hydrogen-bond donors (Lipinski definition) is 2. The Morgan fingerprint density at radius 1 is 1.36 bits per heavy atom. The lowest BCUT2D eigenvalue weighted by atomic mass is 10.2. The first-order valence-electron chi connectivity index (χ1n) is 3.51. The van der Waals surface area contributed by atoms with Crippen molar-refractivity contribution in [1.29, 1.82) is 0 Å². The van der Waals surface area contributed by atoms with Crippen LogP contribution in [0.1, 0.15) is 12.8 Å². The van der Waals surface area contributed by atoms with Crippen LogP contribution in [0, 0.1) is 30.1 Å². The largest absolute Gasteiger partial charge is 0.396 e. The molecule has 0 heterocycles. The van der Waals surface area contributed by atoms with E-state index >= 15 is 0 Å². The second-order valence-corrected chi connectivity index (χ2v) is 2.05. The van der Waals surface area contributed by atoms with Crippen molar-refractivity contribution < 1.29 is 10.2 Å². The van der Waals surface area contributed by atoms with Crippen molar-refractivity contribution in [2.75, 3.05) is 13.2 Å². The SMILES string of the molecule is C#CC(C#CCCCO)CO. The molecule has 0 amide bonds. The minimum absolute atomic E-state index is 0.0946. The van der Waals surface area contributed by atoms with Crippen molar-refractivity contribution >= 4 is 0 Å². The molecule has 0 aromatic heterocycles. The van der Waals surface area contributed by atoms with Gasteiger partial charge in [-0.15, -0.1) is 12.3 Å². The molecular formula is C9H12O2. The lowest BCUT2D eigenvalue weighted by molar-refractivity contribution is 0.281. The number of rotatable bonds is 3. The molecule has 0 aliphatic carbocycles. The van der Waals surface area contributed by atoms with Gasteiger partial charge < -0.3 is 10.2 Å². The van der Waals surface area contributed by atoms with Gasteiger partial charge in [-0.3, -0.25) is 0 Å². The van der Waals surface area contributed by atoms with Gasteiger partial charge in [0, 0.05) is 13.0 Å². The highest BCUT2D eigenvalue weighted by Crippen LogP contribution is 1.90. The molecule has 0 bridgehead atoms. The summed E-state index contributed by atoms with van der Waals surface area (Å²) in [6.07, 6.45) is 6.33. The second kappa shape index (κ2) is 7.15. The van der Waals surface area contributed by atoms with Gasteiger partial charge in [0.15, 0.2) is 0 Å². The number of unbranched alkanes of at least 4 members (excludes halogenated alkanes) is 1. The van der Waals surface area contributed by atoms with Crippen LogP contribution in [0.15, 0.2) is 0 Å². The molecule has 0 rings (SSSR count). The van der Waals surface area contributed by atoms with Gasteiger partial charge in [-0.05, 0) is 6.42 Å². The third-order valence-corrected chi connectivity index (χ3v) is 1.12. The van der Waals surface area contributed by atoms with Crippen molar-refractivity contribution in [1.82, 2.24) is 0 Å². The van der Waals surface area contributed by atoms with Gasteiger partial charge in [-0.1, -0.05) is 11.8 Å². The van der Waals surface area contributed by atoms with Crippen molar-refractivity contribution in [2.45, 2.75) is 12.8 Å². The molecule has 2 heteroatoms. The van der Waals surface area contributed by atoms with Gasteiger partial charge in [0.1, 0.15) is 5.92 Å². The molecule has 0 saturated heterocycles. The monoisotopic (exact) mass is 152 g/mol. The first-order valence-corrected chi connectivity index (χ1v) is 3.51. The van der Waals surface area contributed by atoms with Gasteiger partial charge in [0.05, 0.1) is 6.61 Å². The fraction of sp³-hybridized carbons (Fsp3) is 0.556. The van der Waals surface area contributed by atoms with E-state index in [9.17, 15) is 0 Å². The molecular weight excluding hydrogens is 140 g/mol. The summed E-state index contributed by atoms with van der Waals surface area (Å²) in [5.41, 5.74) is 0. The Morgan fingerprint density at radius 2 is 2.09 bits per heavy atom. The summed E-state index contributed by atoms with van der Waals surface area (Å²) in [5, 5.41) is 17.0. The van der Waals surface area contributed by atoms with E-state index in [4.69, 9.17) is 16.6 Å². The third kappa shape index (κ3) is 5.48. The number of terminal acetylenes is 1. The Bertz CT molecular complexity index is 180. The smallest absolute Gasteiger partial charge is 0.104 e. The molecule has 0 aliphatic rings. The van der Waals surface area contributed by atoms with Crippen molar-refractivity contribution in [2.24, 2.45) is 5.92 Å². The Balaban J connectivity index is 3.59. The van der Waals surface area contributed by atoms with Crippen molar-refractivity contribution in [3.8, 4) is 24.2 Å². The van der Waals surface area contributed by atoms with E-state index < -0.39 is 0 Å². The first-order chi connectivity index (χ1) is 5.35. The fourth-order valence-corrected chi connectivity index (χ4v) is 0.503. The quantitative estimate of drug-likeness (QED) is 0.441. The van der Waals surface area contributed by atoms with Gasteiger partial charge in [-0.2, -0.15) is 0 Å². The molecule has 1 unspecified atom stereocenters.